The highest BCUT2D eigenvalue weighted by Crippen LogP contribution is 2.60. The Hall–Kier alpha value is -2.64. The third-order valence-corrected chi connectivity index (χ3v) is 18.6. The normalized spacial score (nSPS) is 16.7. The van der Waals surface area contributed by atoms with Crippen molar-refractivity contribution in [3.05, 3.63) is 91.7 Å². The minimum absolute atomic E-state index is 0.0101. The highest BCUT2D eigenvalue weighted by Gasteiger charge is 2.43. The Balaban J connectivity index is 0.986. The van der Waals surface area contributed by atoms with Crippen LogP contribution < -0.4 is 0 Å². The van der Waals surface area contributed by atoms with E-state index in [1.54, 1.807) is 0 Å². The molecular formula is C44H41BrN4S6. The predicted molar refractivity (Wildman–Crippen MR) is 245 cm³/mol. The van der Waals surface area contributed by atoms with Crippen molar-refractivity contribution in [2.24, 2.45) is 0 Å². The van der Waals surface area contributed by atoms with Crippen LogP contribution in [0.2, 0.25) is 0 Å². The van der Waals surface area contributed by atoms with Crippen LogP contribution in [-0.2, 0) is 17.3 Å². The summed E-state index contributed by atoms with van der Waals surface area (Å²) in [5.74, 6) is 0. The summed E-state index contributed by atoms with van der Waals surface area (Å²) in [6.07, 6.45) is 9.81. The van der Waals surface area contributed by atoms with Crippen LogP contribution in [0, 0.1) is 13.8 Å². The summed E-state index contributed by atoms with van der Waals surface area (Å²) in [7, 11) is 0. The van der Waals surface area contributed by atoms with Gasteiger partial charge in [0, 0.05) is 72.7 Å². The maximum atomic E-state index is 4.93. The van der Waals surface area contributed by atoms with Crippen molar-refractivity contribution in [3.63, 3.8) is 0 Å². The largest absolute Gasteiger partial charge is 0.173 e. The number of rotatable bonds is 12. The molecule has 0 aliphatic heterocycles. The number of nitrogens with zero attached hydrogens (tertiary/aromatic N) is 4. The first kappa shape index (κ1) is 36.7. The monoisotopic (exact) mass is 896 g/mol. The number of thiophene rings is 4. The highest BCUT2D eigenvalue weighted by molar-refractivity contribution is 9.09. The van der Waals surface area contributed by atoms with Crippen molar-refractivity contribution < 1.29 is 0 Å². The fourth-order valence-corrected chi connectivity index (χ4v) is 16.1. The standard InChI is InChI=1S/C44H41BrN4S6/c1-23-12-14-27(37-35(23)46-54-48-37)34-22-32-42(53-34)41-31(44(32,5)16-10-8-6-7-9-11-17-45)20-26(51-41)19-25-13-15-28(38-36(25)47-55-49-38)33-21-30-40(52-33)39-29(43(30,3)4)18-24(2)50-39/h12-15,18,20-22H,6-11,16-17,19H2,1-5H3. The molecule has 1 unspecified atom stereocenters. The molecule has 0 spiro atoms. The summed E-state index contributed by atoms with van der Waals surface area (Å²) < 4.78 is 19.3. The van der Waals surface area contributed by atoms with Crippen LogP contribution in [0.3, 0.4) is 0 Å². The molecule has 11 heteroatoms. The van der Waals surface area contributed by atoms with Gasteiger partial charge >= 0.3 is 0 Å². The van der Waals surface area contributed by atoms with Crippen LogP contribution in [0.5, 0.6) is 0 Å². The lowest BCUT2D eigenvalue weighted by Crippen LogP contribution is -2.19. The van der Waals surface area contributed by atoms with Gasteiger partial charge in [0.2, 0.25) is 0 Å². The lowest BCUT2D eigenvalue weighted by molar-refractivity contribution is 0.482. The van der Waals surface area contributed by atoms with Gasteiger partial charge in [-0.2, -0.15) is 17.5 Å². The second kappa shape index (κ2) is 14.0. The van der Waals surface area contributed by atoms with Crippen LogP contribution in [0.1, 0.15) is 109 Å². The Bertz CT molecular complexity index is 2750. The topological polar surface area (TPSA) is 51.6 Å². The third-order valence-electron chi connectivity index (χ3n) is 12.1. The first-order valence-electron chi connectivity index (χ1n) is 19.2. The molecule has 0 saturated carbocycles. The van der Waals surface area contributed by atoms with Gasteiger partial charge in [0.05, 0.1) is 23.5 Å². The maximum Gasteiger partial charge on any atom is 0.113 e. The van der Waals surface area contributed by atoms with Crippen LogP contribution >= 0.6 is 84.7 Å². The lowest BCUT2D eigenvalue weighted by atomic mass is 9.76. The predicted octanol–water partition coefficient (Wildman–Crippen LogP) is 15.2. The molecule has 55 heavy (non-hydrogen) atoms. The fourth-order valence-electron chi connectivity index (χ4n) is 8.99. The summed E-state index contributed by atoms with van der Waals surface area (Å²) in [6.45, 7) is 11.6. The Morgan fingerprint density at radius 2 is 1.13 bits per heavy atom. The van der Waals surface area contributed by atoms with Crippen molar-refractivity contribution >= 4 is 107 Å². The average molecular weight is 898 g/mol. The summed E-state index contributed by atoms with van der Waals surface area (Å²) in [5, 5.41) is 1.11. The van der Waals surface area contributed by atoms with Gasteiger partial charge in [0.25, 0.3) is 0 Å². The Morgan fingerprint density at radius 1 is 0.564 bits per heavy atom. The van der Waals surface area contributed by atoms with Gasteiger partial charge in [-0.15, -0.1) is 45.3 Å². The van der Waals surface area contributed by atoms with E-state index in [4.69, 9.17) is 13.1 Å². The average Bonchev–Trinajstić information content (AvgIpc) is 4.02. The number of hydrogen-bond donors (Lipinski definition) is 0. The molecule has 0 saturated heterocycles. The number of unbranched alkanes of at least 4 members (excludes halogenated alkanes) is 5. The van der Waals surface area contributed by atoms with Crippen molar-refractivity contribution in [3.8, 4) is 40.4 Å². The zero-order valence-electron chi connectivity index (χ0n) is 31.6. The van der Waals surface area contributed by atoms with E-state index in [2.05, 4.69) is 103 Å². The zero-order valence-corrected chi connectivity index (χ0v) is 38.1. The molecule has 4 nitrogen and oxygen atoms in total. The third kappa shape index (κ3) is 5.92. The molecule has 0 bridgehead atoms. The fraction of sp³-hybridized carbons (Fsp3) is 0.364. The first-order chi connectivity index (χ1) is 26.7. The second-order valence-electron chi connectivity index (χ2n) is 16.1. The van der Waals surface area contributed by atoms with Crippen LogP contribution in [0.15, 0.2) is 48.5 Å². The molecule has 6 heterocycles. The molecule has 280 valence electrons. The van der Waals surface area contributed by atoms with Gasteiger partial charge in [-0.05, 0) is 84.3 Å². The van der Waals surface area contributed by atoms with Crippen molar-refractivity contribution in [1.82, 2.24) is 17.5 Å². The molecular weight excluding hydrogens is 857 g/mol. The van der Waals surface area contributed by atoms with E-state index in [1.165, 1.54) is 152 Å². The molecule has 0 amide bonds. The Kier molecular flexibility index (Phi) is 9.36. The van der Waals surface area contributed by atoms with Gasteiger partial charge in [0.15, 0.2) is 0 Å². The van der Waals surface area contributed by atoms with Gasteiger partial charge in [0.1, 0.15) is 22.1 Å². The summed E-state index contributed by atoms with van der Waals surface area (Å²) in [5.41, 5.74) is 15.0. The van der Waals surface area contributed by atoms with E-state index in [9.17, 15) is 0 Å². The van der Waals surface area contributed by atoms with E-state index in [0.29, 0.717) is 0 Å². The second-order valence-corrected chi connectivity index (χ2v) is 22.4. The number of fused-ring (bicyclic) bond motifs is 8. The van der Waals surface area contributed by atoms with E-state index in [0.717, 1.165) is 33.8 Å². The van der Waals surface area contributed by atoms with Gasteiger partial charge in [-0.25, -0.2) is 0 Å². The number of alkyl halides is 1. The maximum absolute atomic E-state index is 4.93. The van der Waals surface area contributed by atoms with Crippen molar-refractivity contribution in [2.45, 2.75) is 96.8 Å². The van der Waals surface area contributed by atoms with Crippen molar-refractivity contribution in [2.75, 3.05) is 5.33 Å². The van der Waals surface area contributed by atoms with Crippen LogP contribution in [0.25, 0.3) is 62.5 Å². The minimum Gasteiger partial charge on any atom is -0.173 e. The minimum atomic E-state index is -0.0101. The number of aromatic nitrogens is 4. The molecule has 2 aromatic carbocycles. The van der Waals surface area contributed by atoms with Crippen LogP contribution in [-0.4, -0.2) is 22.8 Å². The Morgan fingerprint density at radius 3 is 1.89 bits per heavy atom. The van der Waals surface area contributed by atoms with Gasteiger partial charge in [-0.1, -0.05) is 93.1 Å². The summed E-state index contributed by atoms with van der Waals surface area (Å²) in [4.78, 5) is 11.2. The molecule has 10 rings (SSSR count). The number of benzene rings is 2. The molecule has 2 aliphatic rings. The molecule has 0 fully saturated rings. The summed E-state index contributed by atoms with van der Waals surface area (Å²) >= 11 is 14.1. The lowest BCUT2D eigenvalue weighted by Gasteiger charge is -2.26. The highest BCUT2D eigenvalue weighted by atomic mass is 79.9. The van der Waals surface area contributed by atoms with Crippen molar-refractivity contribution in [1.29, 1.82) is 0 Å². The van der Waals surface area contributed by atoms with E-state index in [-0.39, 0.29) is 10.8 Å². The first-order valence-corrected chi connectivity index (χ1v) is 25.1. The Labute approximate surface area is 355 Å². The van der Waals surface area contributed by atoms with Gasteiger partial charge < -0.3 is 0 Å². The SMILES string of the molecule is Cc1cc2c(s1)-c1sc(-c3ccc(Cc4cc5c(s4)-c4sc(-c6ccc(C)c7nsnc67)cc4C5(C)CCCCCCCCBr)c4nsnc34)cc1C2(C)C. The van der Waals surface area contributed by atoms with E-state index >= 15 is 0 Å². The number of aryl methyl sites for hydroxylation is 2. The van der Waals surface area contributed by atoms with E-state index in [1.807, 2.05) is 45.3 Å². The summed E-state index contributed by atoms with van der Waals surface area (Å²) in [6, 6.07) is 19.0. The van der Waals surface area contributed by atoms with Crippen LogP contribution in [0.4, 0.5) is 0 Å². The van der Waals surface area contributed by atoms with Gasteiger partial charge in [-0.3, -0.25) is 0 Å². The molecule has 8 aromatic rings. The molecule has 1 atom stereocenters. The zero-order chi connectivity index (χ0) is 37.6. The number of hydrogen-bond acceptors (Lipinski definition) is 10. The van der Waals surface area contributed by atoms with E-state index < -0.39 is 0 Å². The molecule has 0 radical (unpaired) electrons. The quantitative estimate of drug-likeness (QED) is 0.0905. The molecule has 2 aliphatic carbocycles. The smallest absolute Gasteiger partial charge is 0.113 e. The number of halogens is 1. The molecule has 6 aromatic heterocycles. The molecule has 0 N–H and O–H groups in total.